The Labute approximate surface area is 141 Å². The van der Waals surface area contributed by atoms with E-state index in [1.54, 1.807) is 0 Å². The summed E-state index contributed by atoms with van der Waals surface area (Å²) < 4.78 is 48.9. The van der Waals surface area contributed by atoms with Crippen LogP contribution in [0.3, 0.4) is 0 Å². The summed E-state index contributed by atoms with van der Waals surface area (Å²) in [4.78, 5) is 4.86. The summed E-state index contributed by atoms with van der Waals surface area (Å²) in [6, 6.07) is 4.57. The number of hydrogen-bond donors (Lipinski definition) is 0. The van der Waals surface area contributed by atoms with Crippen molar-refractivity contribution < 1.29 is 22.4 Å². The maximum atomic E-state index is 12.6. The predicted molar refractivity (Wildman–Crippen MR) is 82.3 cm³/mol. The van der Waals surface area contributed by atoms with E-state index in [9.17, 15) is 13.2 Å². The molecule has 1 aromatic carbocycles. The van der Waals surface area contributed by atoms with Crippen LogP contribution in [0, 0.1) is 0 Å². The molecule has 0 N–H and O–H groups in total. The fraction of sp³-hybridized carbons (Fsp3) is 0.143. The van der Waals surface area contributed by atoms with Gasteiger partial charge in [-0.15, -0.1) is 11.3 Å². The zero-order valence-corrected chi connectivity index (χ0v) is 13.9. The van der Waals surface area contributed by atoms with Crippen LogP contribution >= 0.6 is 27.3 Å². The van der Waals surface area contributed by atoms with Gasteiger partial charge >= 0.3 is 6.18 Å². The van der Waals surface area contributed by atoms with Crippen molar-refractivity contribution in [1.29, 1.82) is 0 Å². The second kappa shape index (κ2) is 5.97. The highest BCUT2D eigenvalue weighted by Crippen LogP contribution is 2.41. The monoisotopic (exact) mass is 404 g/mol. The van der Waals surface area contributed by atoms with Gasteiger partial charge in [0, 0.05) is 10.9 Å². The van der Waals surface area contributed by atoms with Crippen molar-refractivity contribution in [3.05, 3.63) is 39.7 Å². The fourth-order valence-corrected chi connectivity index (χ4v) is 3.49. The Bertz CT molecular complexity index is 827. The molecule has 4 nitrogen and oxygen atoms in total. The summed E-state index contributed by atoms with van der Waals surface area (Å²) >= 11 is 4.69. The number of nitrogens with zero attached hydrogens (tertiary/aromatic N) is 2. The molecule has 9 heteroatoms. The molecule has 0 amide bonds. The van der Waals surface area contributed by atoms with Gasteiger partial charge in [-0.2, -0.15) is 18.2 Å². The standard InChI is InChI=1S/C14H8BrF3N2O2S/c1-21-10-9(15)6-23-11(10)13-19-12(20-22-13)7-2-4-8(5-3-7)14(16,17)18/h2-6H,1H3. The minimum atomic E-state index is -4.38. The van der Waals surface area contributed by atoms with Crippen molar-refractivity contribution in [1.82, 2.24) is 10.1 Å². The number of halogens is 4. The molecule has 0 aliphatic rings. The SMILES string of the molecule is COc1c(Br)csc1-c1nc(-c2ccc(C(F)(F)F)cc2)no1. The third-order valence-corrected chi connectivity index (χ3v) is 4.84. The number of ether oxygens (including phenoxy) is 1. The van der Waals surface area contributed by atoms with Crippen LogP contribution in [-0.4, -0.2) is 17.3 Å². The Morgan fingerprint density at radius 3 is 2.52 bits per heavy atom. The first-order chi connectivity index (χ1) is 10.9. The molecule has 2 aromatic heterocycles. The van der Waals surface area contributed by atoms with E-state index in [1.807, 2.05) is 5.38 Å². The summed E-state index contributed by atoms with van der Waals surface area (Å²) in [7, 11) is 1.52. The van der Waals surface area contributed by atoms with Gasteiger partial charge in [0.15, 0.2) is 5.75 Å². The number of hydrogen-bond acceptors (Lipinski definition) is 5. The summed E-state index contributed by atoms with van der Waals surface area (Å²) in [6.45, 7) is 0. The maximum Gasteiger partial charge on any atom is 0.416 e. The molecule has 0 bridgehead atoms. The molecular formula is C14H8BrF3N2O2S. The lowest BCUT2D eigenvalue weighted by molar-refractivity contribution is -0.137. The Morgan fingerprint density at radius 1 is 1.22 bits per heavy atom. The quantitative estimate of drug-likeness (QED) is 0.597. The average Bonchev–Trinajstić information content (AvgIpc) is 3.12. The molecule has 0 spiro atoms. The lowest BCUT2D eigenvalue weighted by Crippen LogP contribution is -2.04. The first-order valence-electron chi connectivity index (χ1n) is 6.23. The molecule has 120 valence electrons. The van der Waals surface area contributed by atoms with Gasteiger partial charge in [0.05, 0.1) is 17.1 Å². The van der Waals surface area contributed by atoms with Crippen molar-refractivity contribution in [2.24, 2.45) is 0 Å². The molecule has 23 heavy (non-hydrogen) atoms. The van der Waals surface area contributed by atoms with Crippen molar-refractivity contribution in [2.75, 3.05) is 7.11 Å². The smallest absolute Gasteiger partial charge is 0.416 e. The van der Waals surface area contributed by atoms with Crippen LogP contribution in [0.1, 0.15) is 5.56 Å². The van der Waals surface area contributed by atoms with E-state index >= 15 is 0 Å². The van der Waals surface area contributed by atoms with E-state index in [0.29, 0.717) is 16.2 Å². The van der Waals surface area contributed by atoms with Gasteiger partial charge in [-0.25, -0.2) is 0 Å². The van der Waals surface area contributed by atoms with E-state index in [0.717, 1.165) is 16.6 Å². The van der Waals surface area contributed by atoms with Crippen LogP contribution in [0.2, 0.25) is 0 Å². The van der Waals surface area contributed by atoms with E-state index < -0.39 is 11.7 Å². The summed E-state index contributed by atoms with van der Waals surface area (Å²) in [5.41, 5.74) is -0.295. The topological polar surface area (TPSA) is 48.2 Å². The Morgan fingerprint density at radius 2 is 1.91 bits per heavy atom. The zero-order chi connectivity index (χ0) is 16.6. The third-order valence-electron chi connectivity index (χ3n) is 3.00. The van der Waals surface area contributed by atoms with Gasteiger partial charge in [0.1, 0.15) is 4.88 Å². The number of methoxy groups -OCH3 is 1. The Balaban J connectivity index is 1.93. The van der Waals surface area contributed by atoms with Crippen molar-refractivity contribution >= 4 is 27.3 Å². The van der Waals surface area contributed by atoms with E-state index in [4.69, 9.17) is 9.26 Å². The predicted octanol–water partition coefficient (Wildman–Crippen LogP) is 5.26. The fourth-order valence-electron chi connectivity index (χ4n) is 1.91. The number of benzene rings is 1. The minimum absolute atomic E-state index is 0.209. The van der Waals surface area contributed by atoms with Gasteiger partial charge in [-0.05, 0) is 28.1 Å². The molecule has 0 saturated heterocycles. The molecule has 2 heterocycles. The molecule has 3 aromatic rings. The maximum absolute atomic E-state index is 12.6. The van der Waals surface area contributed by atoms with Gasteiger partial charge < -0.3 is 9.26 Å². The van der Waals surface area contributed by atoms with Crippen molar-refractivity contribution in [3.63, 3.8) is 0 Å². The van der Waals surface area contributed by atoms with Crippen LogP contribution in [0.15, 0.2) is 38.6 Å². The highest BCUT2D eigenvalue weighted by atomic mass is 79.9. The number of alkyl halides is 3. The van der Waals surface area contributed by atoms with Crippen LogP contribution in [-0.2, 0) is 6.18 Å². The molecule has 0 atom stereocenters. The van der Waals surface area contributed by atoms with Crippen LogP contribution in [0.4, 0.5) is 13.2 Å². The number of rotatable bonds is 3. The second-order valence-electron chi connectivity index (χ2n) is 4.44. The average molecular weight is 405 g/mol. The highest BCUT2D eigenvalue weighted by Gasteiger charge is 2.30. The summed E-state index contributed by atoms with van der Waals surface area (Å²) in [5, 5.41) is 5.62. The molecular weight excluding hydrogens is 397 g/mol. The van der Waals surface area contributed by atoms with Gasteiger partial charge in [-0.1, -0.05) is 17.3 Å². The Kier molecular flexibility index (Phi) is 4.15. The van der Waals surface area contributed by atoms with Crippen molar-refractivity contribution in [3.8, 4) is 27.9 Å². The zero-order valence-electron chi connectivity index (χ0n) is 11.5. The minimum Gasteiger partial charge on any atom is -0.494 e. The largest absolute Gasteiger partial charge is 0.494 e. The molecule has 0 radical (unpaired) electrons. The molecule has 0 fully saturated rings. The van der Waals surface area contributed by atoms with Crippen LogP contribution in [0.5, 0.6) is 5.75 Å². The van der Waals surface area contributed by atoms with E-state index in [2.05, 4.69) is 26.1 Å². The van der Waals surface area contributed by atoms with Crippen molar-refractivity contribution in [2.45, 2.75) is 6.18 Å². The van der Waals surface area contributed by atoms with Gasteiger partial charge in [0.2, 0.25) is 5.82 Å². The normalized spacial score (nSPS) is 11.7. The first kappa shape index (κ1) is 16.0. The lowest BCUT2D eigenvalue weighted by Gasteiger charge is -2.05. The summed E-state index contributed by atoms with van der Waals surface area (Å²) in [6.07, 6.45) is -4.38. The molecule has 0 saturated carbocycles. The van der Waals surface area contributed by atoms with Crippen LogP contribution in [0.25, 0.3) is 22.2 Å². The number of aromatic nitrogens is 2. The lowest BCUT2D eigenvalue weighted by atomic mass is 10.1. The van der Waals surface area contributed by atoms with Gasteiger partial charge in [-0.3, -0.25) is 0 Å². The van der Waals surface area contributed by atoms with Gasteiger partial charge in [0.25, 0.3) is 5.89 Å². The number of thiophene rings is 1. The van der Waals surface area contributed by atoms with E-state index in [-0.39, 0.29) is 11.7 Å². The van der Waals surface area contributed by atoms with E-state index in [1.165, 1.54) is 30.6 Å². The third kappa shape index (κ3) is 3.11. The molecule has 0 unspecified atom stereocenters. The summed E-state index contributed by atoms with van der Waals surface area (Å²) in [5.74, 6) is 1.02. The highest BCUT2D eigenvalue weighted by molar-refractivity contribution is 9.10. The molecule has 0 aliphatic carbocycles. The molecule has 0 aliphatic heterocycles. The second-order valence-corrected chi connectivity index (χ2v) is 6.18. The van der Waals surface area contributed by atoms with Crippen LogP contribution < -0.4 is 4.74 Å². The Hall–Kier alpha value is -1.87. The first-order valence-corrected chi connectivity index (χ1v) is 7.90. The molecule has 3 rings (SSSR count).